The molecule has 2 aromatic heterocycles. The summed E-state index contributed by atoms with van der Waals surface area (Å²) >= 11 is 0. The number of nitrogens with one attached hydrogen (secondary N) is 3. The van der Waals surface area contributed by atoms with E-state index < -0.39 is 23.3 Å². The van der Waals surface area contributed by atoms with Gasteiger partial charge in [0.15, 0.2) is 23.2 Å². The normalized spacial score (nSPS) is 13.6. The zero-order valence-electron chi connectivity index (χ0n) is 19.7. The van der Waals surface area contributed by atoms with Gasteiger partial charge in [0, 0.05) is 48.7 Å². The molecule has 0 unspecified atom stereocenters. The standard InChI is InChI=1S/C25H24F2N6O3/c1-14-10-17-21(27)19(12-18(26)22(17)31-14)36-25-20(24(34)28-2)23(29-13-30-25)32-15-4-3-5-16(11-15)33-6-8-35-9-7-33/h3-5,10-13,31H,6-9H2,1-2H3,(H,28,34)(H,29,30,32). The van der Waals surface area contributed by atoms with Crippen molar-refractivity contribution in [2.45, 2.75) is 6.92 Å². The molecule has 1 aliphatic rings. The number of halogens is 2. The molecule has 1 amide bonds. The Labute approximate surface area is 205 Å². The minimum atomic E-state index is -0.773. The van der Waals surface area contributed by atoms with E-state index in [9.17, 15) is 9.18 Å². The Balaban J connectivity index is 1.50. The van der Waals surface area contributed by atoms with Crippen molar-refractivity contribution in [3.05, 3.63) is 65.6 Å². The molecule has 1 saturated heterocycles. The number of hydrogen-bond acceptors (Lipinski definition) is 7. The largest absolute Gasteiger partial charge is 0.435 e. The van der Waals surface area contributed by atoms with Crippen LogP contribution in [0.1, 0.15) is 16.1 Å². The van der Waals surface area contributed by atoms with Crippen molar-refractivity contribution in [3.63, 3.8) is 0 Å². The van der Waals surface area contributed by atoms with Crippen molar-refractivity contribution in [2.75, 3.05) is 43.6 Å². The summed E-state index contributed by atoms with van der Waals surface area (Å²) in [4.78, 5) is 26.0. The summed E-state index contributed by atoms with van der Waals surface area (Å²) in [6, 6.07) is 10.0. The lowest BCUT2D eigenvalue weighted by Crippen LogP contribution is -2.36. The van der Waals surface area contributed by atoms with Gasteiger partial charge in [-0.25, -0.2) is 18.7 Å². The van der Waals surface area contributed by atoms with Crippen LogP contribution < -0.4 is 20.3 Å². The van der Waals surface area contributed by atoms with Gasteiger partial charge in [-0.3, -0.25) is 4.79 Å². The smallest absolute Gasteiger partial charge is 0.260 e. The van der Waals surface area contributed by atoms with Crippen LogP contribution in [0.15, 0.2) is 42.7 Å². The molecule has 4 aromatic rings. The molecule has 36 heavy (non-hydrogen) atoms. The van der Waals surface area contributed by atoms with Crippen molar-refractivity contribution >= 4 is 34.0 Å². The summed E-state index contributed by atoms with van der Waals surface area (Å²) in [5.74, 6) is -2.49. The third-order valence-electron chi connectivity index (χ3n) is 5.86. The Morgan fingerprint density at radius 2 is 1.97 bits per heavy atom. The number of benzene rings is 2. The molecule has 1 aliphatic heterocycles. The monoisotopic (exact) mass is 494 g/mol. The van der Waals surface area contributed by atoms with E-state index in [0.717, 1.165) is 24.8 Å². The number of rotatable bonds is 6. The molecule has 0 saturated carbocycles. The number of aromatic nitrogens is 3. The highest BCUT2D eigenvalue weighted by Crippen LogP contribution is 2.35. The Morgan fingerprint density at radius 1 is 1.17 bits per heavy atom. The maximum Gasteiger partial charge on any atom is 0.260 e. The second-order valence-corrected chi connectivity index (χ2v) is 8.27. The van der Waals surface area contributed by atoms with E-state index in [1.54, 1.807) is 6.92 Å². The zero-order valence-corrected chi connectivity index (χ0v) is 19.7. The SMILES string of the molecule is CNC(=O)c1c(Nc2cccc(N3CCOCC3)c2)ncnc1Oc1cc(F)c2[nH]c(C)cc2c1F. The first kappa shape index (κ1) is 23.5. The quantitative estimate of drug-likeness (QED) is 0.368. The van der Waals surface area contributed by atoms with Gasteiger partial charge < -0.3 is 30.0 Å². The van der Waals surface area contributed by atoms with Crippen LogP contribution in [-0.4, -0.2) is 54.2 Å². The number of aryl methyl sites for hydroxylation is 1. The predicted octanol–water partition coefficient (Wildman–Crippen LogP) is 4.28. The summed E-state index contributed by atoms with van der Waals surface area (Å²) in [6.07, 6.45) is 1.18. The number of morpholine rings is 1. The molecule has 5 rings (SSSR count). The van der Waals surface area contributed by atoms with Crippen molar-refractivity contribution in [1.29, 1.82) is 0 Å². The number of fused-ring (bicyclic) bond motifs is 1. The molecule has 2 aromatic carbocycles. The van der Waals surface area contributed by atoms with Gasteiger partial charge in [-0.05, 0) is 31.2 Å². The van der Waals surface area contributed by atoms with Crippen LogP contribution in [0.3, 0.4) is 0 Å². The fourth-order valence-electron chi connectivity index (χ4n) is 4.12. The van der Waals surface area contributed by atoms with Crippen molar-refractivity contribution in [1.82, 2.24) is 20.3 Å². The second-order valence-electron chi connectivity index (χ2n) is 8.27. The molecule has 1 fully saturated rings. The average Bonchev–Trinajstić information content (AvgIpc) is 3.30. The summed E-state index contributed by atoms with van der Waals surface area (Å²) in [5, 5.41) is 5.69. The Hall–Kier alpha value is -4.25. The van der Waals surface area contributed by atoms with Crippen molar-refractivity contribution in [2.24, 2.45) is 0 Å². The summed E-state index contributed by atoms with van der Waals surface area (Å²) < 4.78 is 40.8. The molecule has 0 radical (unpaired) electrons. The number of carbonyl (C=O) groups excluding carboxylic acids is 1. The molecular formula is C25H24F2N6O3. The van der Waals surface area contributed by atoms with Gasteiger partial charge in [0.25, 0.3) is 5.91 Å². The van der Waals surface area contributed by atoms with Gasteiger partial charge in [0.2, 0.25) is 5.88 Å². The molecule has 11 heteroatoms. The lowest BCUT2D eigenvalue weighted by molar-refractivity contribution is 0.0960. The highest BCUT2D eigenvalue weighted by atomic mass is 19.1. The van der Waals surface area contributed by atoms with Crippen LogP contribution in [0.25, 0.3) is 10.9 Å². The molecule has 3 heterocycles. The van der Waals surface area contributed by atoms with E-state index in [1.807, 2.05) is 24.3 Å². The molecular weight excluding hydrogens is 470 g/mol. The van der Waals surface area contributed by atoms with Gasteiger partial charge in [-0.1, -0.05) is 6.07 Å². The van der Waals surface area contributed by atoms with Crippen LogP contribution in [-0.2, 0) is 4.74 Å². The highest BCUT2D eigenvalue weighted by Gasteiger charge is 2.23. The van der Waals surface area contributed by atoms with Gasteiger partial charge in [0.1, 0.15) is 11.9 Å². The van der Waals surface area contributed by atoms with Gasteiger partial charge in [0.05, 0.1) is 18.7 Å². The lowest BCUT2D eigenvalue weighted by atomic mass is 10.2. The summed E-state index contributed by atoms with van der Waals surface area (Å²) in [6.45, 7) is 4.53. The van der Waals surface area contributed by atoms with Crippen molar-refractivity contribution in [3.8, 4) is 11.6 Å². The first-order valence-corrected chi connectivity index (χ1v) is 11.4. The van der Waals surface area contributed by atoms with Crippen LogP contribution in [0, 0.1) is 18.6 Å². The Kier molecular flexibility index (Phi) is 6.38. The third kappa shape index (κ3) is 4.52. The first-order valence-electron chi connectivity index (χ1n) is 11.4. The van der Waals surface area contributed by atoms with Gasteiger partial charge in [-0.15, -0.1) is 0 Å². The number of ether oxygens (including phenoxy) is 2. The number of H-pyrrole nitrogens is 1. The summed E-state index contributed by atoms with van der Waals surface area (Å²) in [7, 11) is 1.44. The lowest BCUT2D eigenvalue weighted by Gasteiger charge is -2.29. The Bertz CT molecular complexity index is 1440. The second kappa shape index (κ2) is 9.78. The van der Waals surface area contributed by atoms with E-state index in [1.165, 1.54) is 19.4 Å². The molecule has 186 valence electrons. The van der Waals surface area contributed by atoms with E-state index in [2.05, 4.69) is 30.5 Å². The zero-order chi connectivity index (χ0) is 25.2. The molecule has 3 N–H and O–H groups in total. The fraction of sp³-hybridized carbons (Fsp3) is 0.240. The van der Waals surface area contributed by atoms with E-state index in [4.69, 9.17) is 9.47 Å². The maximum atomic E-state index is 15.1. The van der Waals surface area contributed by atoms with E-state index in [-0.39, 0.29) is 28.2 Å². The minimum absolute atomic E-state index is 0.0362. The van der Waals surface area contributed by atoms with E-state index in [0.29, 0.717) is 24.6 Å². The predicted molar refractivity (Wildman–Crippen MR) is 131 cm³/mol. The molecule has 0 bridgehead atoms. The number of anilines is 3. The highest BCUT2D eigenvalue weighted by molar-refractivity contribution is 6.01. The van der Waals surface area contributed by atoms with E-state index >= 15 is 4.39 Å². The maximum absolute atomic E-state index is 15.1. The molecule has 0 aliphatic carbocycles. The number of amides is 1. The van der Waals surface area contributed by atoms with Crippen LogP contribution in [0.2, 0.25) is 0 Å². The third-order valence-corrected chi connectivity index (χ3v) is 5.86. The molecule has 0 atom stereocenters. The summed E-state index contributed by atoms with van der Waals surface area (Å²) in [5.41, 5.74) is 2.24. The van der Waals surface area contributed by atoms with Crippen LogP contribution in [0.5, 0.6) is 11.6 Å². The van der Waals surface area contributed by atoms with Gasteiger partial charge >= 0.3 is 0 Å². The topological polar surface area (TPSA) is 104 Å². The van der Waals surface area contributed by atoms with Crippen LogP contribution >= 0.6 is 0 Å². The minimum Gasteiger partial charge on any atom is -0.435 e. The Morgan fingerprint density at radius 3 is 2.75 bits per heavy atom. The van der Waals surface area contributed by atoms with Crippen LogP contribution in [0.4, 0.5) is 26.0 Å². The average molecular weight is 495 g/mol. The molecule has 0 spiro atoms. The fourth-order valence-corrected chi connectivity index (χ4v) is 4.12. The number of nitrogens with zero attached hydrogens (tertiary/aromatic N) is 3. The van der Waals surface area contributed by atoms with Gasteiger partial charge in [-0.2, -0.15) is 0 Å². The first-order chi connectivity index (χ1) is 17.4. The number of carbonyl (C=O) groups is 1. The van der Waals surface area contributed by atoms with Crippen molar-refractivity contribution < 1.29 is 23.0 Å². The molecule has 9 nitrogen and oxygen atoms in total. The number of hydrogen-bond donors (Lipinski definition) is 3. The number of aromatic amines is 1.